The Labute approximate surface area is 437 Å². The fourth-order valence-electron chi connectivity index (χ4n) is 7.32. The first-order valence-corrected chi connectivity index (χ1v) is 25.4. The first-order valence-electron chi connectivity index (χ1n) is 24.4. The van der Waals surface area contributed by atoms with Crippen LogP contribution in [0.3, 0.4) is 0 Å². The minimum absolute atomic E-state index is 0. The molecule has 394 valence electrons. The summed E-state index contributed by atoms with van der Waals surface area (Å²) in [5.74, 6) is 1.97. The van der Waals surface area contributed by atoms with E-state index in [0.29, 0.717) is 62.5 Å². The van der Waals surface area contributed by atoms with E-state index in [2.05, 4.69) is 182 Å². The van der Waals surface area contributed by atoms with Gasteiger partial charge < -0.3 is 52.7 Å². The molecule has 11 N–H and O–H groups in total. The number of aliphatic hydroxyl groups is 1. The lowest BCUT2D eigenvalue weighted by atomic mass is 9.84. The Hall–Kier alpha value is -2.93. The highest BCUT2D eigenvalue weighted by Gasteiger charge is 2.47. The lowest BCUT2D eigenvalue weighted by molar-refractivity contribution is -0.804. The highest BCUT2D eigenvalue weighted by Crippen LogP contribution is 2.40. The maximum absolute atomic E-state index is 12.0. The molecule has 0 radical (unpaired) electrons. The van der Waals surface area contributed by atoms with Gasteiger partial charge in [-0.3, -0.25) is 4.90 Å². The minimum atomic E-state index is -0.172. The number of hydrogen-bond acceptors (Lipinski definition) is 11. The van der Waals surface area contributed by atoms with Crippen LogP contribution in [-0.2, 0) is 37.0 Å². The van der Waals surface area contributed by atoms with Gasteiger partial charge in [0.25, 0.3) is 5.11 Å². The fraction of sp³-hybridized carbons (Fsp3) is 0.611. The number of nitrogens with one attached hydrogen (secondary N) is 4. The van der Waals surface area contributed by atoms with Gasteiger partial charge in [0.1, 0.15) is 30.9 Å². The number of aliphatic hydroxyl groups excluding tert-OH is 1. The largest absolute Gasteiger partial charge is 0.509 e. The third kappa shape index (κ3) is 21.8. The minimum Gasteiger partial charge on any atom is -0.509 e. The number of nitrogens with zero attached hydrogens (tertiary/aromatic N) is 3. The summed E-state index contributed by atoms with van der Waals surface area (Å²) in [4.78, 5) is 4.41. The van der Waals surface area contributed by atoms with Crippen LogP contribution in [0.5, 0.6) is 11.5 Å². The van der Waals surface area contributed by atoms with E-state index in [1.54, 1.807) is 0 Å². The van der Waals surface area contributed by atoms with E-state index in [-0.39, 0.29) is 51.2 Å². The number of quaternary nitrogens is 1. The number of rotatable bonds is 24. The quantitative estimate of drug-likeness (QED) is 0.00941. The zero-order valence-corrected chi connectivity index (χ0v) is 47.8. The maximum atomic E-state index is 12.0. The van der Waals surface area contributed by atoms with Crippen LogP contribution in [0, 0.1) is 11.3 Å². The summed E-state index contributed by atoms with van der Waals surface area (Å²) in [6.45, 7) is 37.3. The molecule has 1 fully saturated rings. The number of thiol groups is 1. The summed E-state index contributed by atoms with van der Waals surface area (Å²) in [5, 5.41) is 49.2. The number of phenolic OH excluding ortho intramolecular Hbond substituents is 2. The number of hydrogen-bond donors (Lipinski definition) is 9. The number of aromatic hydroxyl groups is 2. The summed E-state index contributed by atoms with van der Waals surface area (Å²) in [6, 6.07) is 8.45. The van der Waals surface area contributed by atoms with Crippen molar-refractivity contribution in [2.75, 3.05) is 78.4 Å². The smallest absolute Gasteiger partial charge is 0.278 e. The van der Waals surface area contributed by atoms with Crippen molar-refractivity contribution in [1.29, 1.82) is 0 Å². The Bertz CT molecular complexity index is 1970. The van der Waals surface area contributed by atoms with Crippen LogP contribution in [0.1, 0.15) is 123 Å². The highest BCUT2D eigenvalue weighted by atomic mass is 32.1. The average molecular weight is 1020 g/mol. The first kappa shape index (κ1) is 66.1. The summed E-state index contributed by atoms with van der Waals surface area (Å²) >= 11 is 11.1. The Morgan fingerprint density at radius 2 is 1.36 bits per heavy atom. The molecule has 2 aromatic carbocycles. The van der Waals surface area contributed by atoms with Gasteiger partial charge in [-0.25, -0.2) is 4.48 Å². The molecule has 0 saturated carbocycles. The zero-order chi connectivity index (χ0) is 50.6. The predicted molar refractivity (Wildman–Crippen MR) is 307 cm³/mol. The third-order valence-corrected chi connectivity index (χ3v) is 13.0. The van der Waals surface area contributed by atoms with Crippen molar-refractivity contribution in [1.82, 2.24) is 31.1 Å². The van der Waals surface area contributed by atoms with E-state index in [1.165, 1.54) is 6.26 Å². The Morgan fingerprint density at radius 3 is 1.87 bits per heavy atom. The van der Waals surface area contributed by atoms with Crippen LogP contribution < -0.4 is 27.0 Å². The standard InChI is InChI=1S/C50H82N8O3S2.C4H10.H2O.H2S/c1-37(48(2,3)4)26-44(35-59)58(34-41-30-43(50(8,9)10)28-39(46(41)61)31-54-20-19-52-11)25-24-57(47(58)63)33-40-29-42(49(5,6)7)27-38(45(40)60)32-55-21-23-56(36-62)22-15-13-12-14-17-53-18-16-51;1-4(2)3;;/h12-15,26-30,35,52-55H,16-25,31-34,36,51H2,1-11H3,(H3-,59,60,61,62);4H,1-3H3;2*1H2/p+1/b14-12+,15-13-,37-26+,44-35-;;;/t58-;;;/m0.../s1. The van der Waals surface area contributed by atoms with E-state index >= 15 is 0 Å². The molecule has 0 aliphatic carbocycles. The summed E-state index contributed by atoms with van der Waals surface area (Å²) in [6.07, 6.45) is 11.6. The van der Waals surface area contributed by atoms with Crippen LogP contribution in [0.15, 0.2) is 72.2 Å². The molecule has 0 spiro atoms. The van der Waals surface area contributed by atoms with E-state index in [1.807, 2.05) is 13.1 Å². The lowest BCUT2D eigenvalue weighted by Gasteiger charge is -2.35. The normalized spacial score (nSPS) is 16.1. The van der Waals surface area contributed by atoms with Crippen LogP contribution in [0.25, 0.3) is 0 Å². The second-order valence-corrected chi connectivity index (χ2v) is 22.4. The molecular formula is C54H97N8O4S3+. The first-order chi connectivity index (χ1) is 31.4. The van der Waals surface area contributed by atoms with Crippen LogP contribution in [0.2, 0.25) is 0 Å². The molecule has 0 aromatic heterocycles. The number of phenols is 2. The second kappa shape index (κ2) is 31.5. The Morgan fingerprint density at radius 1 is 0.841 bits per heavy atom. The maximum Gasteiger partial charge on any atom is 0.278 e. The van der Waals surface area contributed by atoms with Crippen molar-refractivity contribution in [3.05, 3.63) is 106 Å². The molecule has 2 aromatic rings. The van der Waals surface area contributed by atoms with Gasteiger partial charge in [0.2, 0.25) is 0 Å². The van der Waals surface area contributed by atoms with Gasteiger partial charge in [-0.1, -0.05) is 125 Å². The number of nitrogens with two attached hydrogens (primary N) is 1. The van der Waals surface area contributed by atoms with E-state index < -0.39 is 0 Å². The van der Waals surface area contributed by atoms with Gasteiger partial charge in [-0.2, -0.15) is 26.1 Å². The lowest BCUT2D eigenvalue weighted by Crippen LogP contribution is -2.49. The fourth-order valence-corrected chi connectivity index (χ4v) is 7.99. The van der Waals surface area contributed by atoms with Gasteiger partial charge in [0, 0.05) is 112 Å². The molecule has 0 unspecified atom stereocenters. The van der Waals surface area contributed by atoms with Crippen LogP contribution in [-0.4, -0.2) is 119 Å². The highest BCUT2D eigenvalue weighted by molar-refractivity contribution is 7.80. The van der Waals surface area contributed by atoms with Gasteiger partial charge in [-0.15, -0.1) is 0 Å². The van der Waals surface area contributed by atoms with Gasteiger partial charge in [0.15, 0.2) is 5.70 Å². The molecule has 1 saturated heterocycles. The molecule has 69 heavy (non-hydrogen) atoms. The number of likely N-dealkylation sites (N-methyl/N-ethyl adjacent to an activating group) is 1. The molecule has 1 aliphatic heterocycles. The van der Waals surface area contributed by atoms with Gasteiger partial charge in [0.05, 0.1) is 13.1 Å². The third-order valence-electron chi connectivity index (χ3n) is 11.9. The molecular weight excluding hydrogens is 921 g/mol. The van der Waals surface area contributed by atoms with Crippen molar-refractivity contribution in [3.63, 3.8) is 0 Å². The van der Waals surface area contributed by atoms with E-state index in [4.69, 9.17) is 18.0 Å². The average Bonchev–Trinajstić information content (AvgIpc) is 3.54. The van der Waals surface area contributed by atoms with Crippen LogP contribution in [0.4, 0.5) is 0 Å². The van der Waals surface area contributed by atoms with Gasteiger partial charge >= 0.3 is 0 Å². The second-order valence-electron chi connectivity index (χ2n) is 21.7. The molecule has 1 heterocycles. The molecule has 1 atom stereocenters. The molecule has 15 heteroatoms. The van der Waals surface area contributed by atoms with Crippen molar-refractivity contribution in [2.45, 2.75) is 127 Å². The predicted octanol–water partition coefficient (Wildman–Crippen LogP) is 8.40. The van der Waals surface area contributed by atoms with Crippen molar-refractivity contribution >= 4 is 43.5 Å². The van der Waals surface area contributed by atoms with E-state index in [9.17, 15) is 15.3 Å². The number of allylic oxidation sites excluding steroid dienone is 4. The summed E-state index contributed by atoms with van der Waals surface area (Å²) < 4.78 is 0.153. The van der Waals surface area contributed by atoms with Crippen LogP contribution >= 0.6 is 38.3 Å². The molecule has 1 aliphatic rings. The van der Waals surface area contributed by atoms with Crippen molar-refractivity contribution in [3.8, 4) is 11.5 Å². The molecule has 12 nitrogen and oxygen atoms in total. The number of thiocarbonyl (C=S) groups is 1. The summed E-state index contributed by atoms with van der Waals surface area (Å²) in [7, 11) is 1.93. The number of benzene rings is 2. The molecule has 0 amide bonds. The van der Waals surface area contributed by atoms with Crippen molar-refractivity contribution in [2.24, 2.45) is 17.1 Å². The SMILES string of the molecule is CC(C)C.CNCCNCc1cc(C(C)(C)C)cc(C[N@+]2(C(=C\O)/C=C(\C)C(C)(C)C)CCN(Cc3cc(C(C)(C)C)cc(CNCCN(CS)C/C=C\C=C\CNCCN)c3O)C2=S)c1O.O.S. The van der Waals surface area contributed by atoms with E-state index in [0.717, 1.165) is 90.7 Å². The Kier molecular flexibility index (Phi) is 30.2. The molecule has 3 rings (SSSR count). The van der Waals surface area contributed by atoms with Gasteiger partial charge in [-0.05, 0) is 59.4 Å². The molecule has 0 bridgehead atoms. The Balaban J connectivity index is 0.00000740. The zero-order valence-electron chi connectivity index (χ0n) is 45.1. The van der Waals surface area contributed by atoms with Crippen molar-refractivity contribution < 1.29 is 25.3 Å². The monoisotopic (exact) mass is 1020 g/mol. The summed E-state index contributed by atoms with van der Waals surface area (Å²) in [5.41, 5.74) is 12.3. The topological polar surface area (TPSA) is 173 Å².